The summed E-state index contributed by atoms with van der Waals surface area (Å²) in [6.07, 6.45) is 0. The number of para-hydroxylation sites is 3. The van der Waals surface area contributed by atoms with Gasteiger partial charge in [-0.25, -0.2) is 0 Å². The molecule has 0 fully saturated rings. The number of hydrogen-bond acceptors (Lipinski definition) is 2. The SMILES string of the molecule is c1ccc(-c2ccc3c(c2)Oc2cc(-n4c5ccccc5c5ccccc54)cc4c2B3c2ccc(-c3c5ccccc5c(-c5ccccc5)c5ccccc35)cc2N4c2c(-c3ccccc3)cccc2-c2ccccc2)cc1. The molecule has 0 saturated carbocycles. The normalized spacial score (nSPS) is 12.4. The second-order valence-corrected chi connectivity index (χ2v) is 20.7. The second-order valence-electron chi connectivity index (χ2n) is 20.7. The van der Waals surface area contributed by atoms with E-state index in [-0.39, 0.29) is 6.71 Å². The molecule has 0 saturated heterocycles. The first-order valence-electron chi connectivity index (χ1n) is 26.9. The predicted molar refractivity (Wildman–Crippen MR) is 329 cm³/mol. The fraction of sp³-hybridized carbons (Fsp3) is 0. The zero-order valence-electron chi connectivity index (χ0n) is 42.5. The molecule has 3 heterocycles. The topological polar surface area (TPSA) is 17.4 Å². The van der Waals surface area contributed by atoms with E-state index in [4.69, 9.17) is 4.74 Å². The van der Waals surface area contributed by atoms with Crippen LogP contribution in [0.2, 0.25) is 0 Å². The van der Waals surface area contributed by atoms with E-state index in [0.29, 0.717) is 0 Å². The highest BCUT2D eigenvalue weighted by Crippen LogP contribution is 2.52. The smallest absolute Gasteiger partial charge is 0.256 e. The number of nitrogens with zero attached hydrogens (tertiary/aromatic N) is 2. The predicted octanol–water partition coefficient (Wildman–Crippen LogP) is 17.8. The summed E-state index contributed by atoms with van der Waals surface area (Å²) in [6.45, 7) is -0.158. The molecule has 0 atom stereocenters. The van der Waals surface area contributed by atoms with Gasteiger partial charge in [0.1, 0.15) is 11.5 Å². The van der Waals surface area contributed by atoms with Crippen LogP contribution in [-0.4, -0.2) is 11.3 Å². The van der Waals surface area contributed by atoms with Gasteiger partial charge in [0.15, 0.2) is 0 Å². The average molecular weight is 991 g/mol. The third kappa shape index (κ3) is 6.80. The molecular formula is C74H47BN2O. The summed E-state index contributed by atoms with van der Waals surface area (Å²) in [5.74, 6) is 1.71. The Kier molecular flexibility index (Phi) is 10.0. The lowest BCUT2D eigenvalue weighted by Gasteiger charge is -2.42. The molecule has 13 aromatic carbocycles. The van der Waals surface area contributed by atoms with Gasteiger partial charge in [-0.3, -0.25) is 0 Å². The number of benzene rings is 13. The van der Waals surface area contributed by atoms with Crippen molar-refractivity contribution in [1.29, 1.82) is 0 Å². The molecule has 0 aliphatic carbocycles. The second kappa shape index (κ2) is 17.7. The van der Waals surface area contributed by atoms with Crippen molar-refractivity contribution >= 4 is 83.5 Å². The fourth-order valence-corrected chi connectivity index (χ4v) is 13.1. The molecular weight excluding hydrogens is 944 g/mol. The third-order valence-electron chi connectivity index (χ3n) is 16.4. The molecule has 0 unspecified atom stereocenters. The first kappa shape index (κ1) is 44.2. The third-order valence-corrected chi connectivity index (χ3v) is 16.4. The van der Waals surface area contributed by atoms with Crippen molar-refractivity contribution in [3.63, 3.8) is 0 Å². The standard InChI is InChI=1S/C74H47BN2O/c1-5-22-48(23-6-1)52-40-43-64-69(45-52)78-70-47-54(76-65-38-19-17-30-57(65)58-31-18-20-39-66(58)76)46-68-73(70)75(64)63-42-41-53(72-61-34-15-13-32-59(61)71(51-28-11-4-12-29-51)60-33-14-16-35-62(60)72)44-67(63)77(68)74-55(49-24-7-2-8-25-49)36-21-37-56(74)50-26-9-3-10-27-50/h1-47H. The number of aromatic nitrogens is 1. The summed E-state index contributed by atoms with van der Waals surface area (Å²) >= 11 is 0. The monoisotopic (exact) mass is 990 g/mol. The molecule has 3 nitrogen and oxygen atoms in total. The van der Waals surface area contributed by atoms with E-state index in [0.717, 1.165) is 95.2 Å². The largest absolute Gasteiger partial charge is 0.458 e. The number of anilines is 3. The van der Waals surface area contributed by atoms with Crippen molar-refractivity contribution in [2.24, 2.45) is 0 Å². The van der Waals surface area contributed by atoms with Gasteiger partial charge in [0.2, 0.25) is 0 Å². The van der Waals surface area contributed by atoms with E-state index in [1.54, 1.807) is 0 Å². The van der Waals surface area contributed by atoms with Gasteiger partial charge in [-0.2, -0.15) is 0 Å². The zero-order chi connectivity index (χ0) is 51.3. The van der Waals surface area contributed by atoms with Gasteiger partial charge in [0.05, 0.1) is 22.4 Å². The molecule has 362 valence electrons. The van der Waals surface area contributed by atoms with Crippen molar-refractivity contribution in [3.8, 4) is 72.8 Å². The van der Waals surface area contributed by atoms with Gasteiger partial charge in [0, 0.05) is 39.3 Å². The molecule has 2 aliphatic rings. The highest BCUT2D eigenvalue weighted by atomic mass is 16.5. The Labute approximate surface area is 453 Å². The minimum atomic E-state index is -0.158. The summed E-state index contributed by atoms with van der Waals surface area (Å²) in [5.41, 5.74) is 21.8. The van der Waals surface area contributed by atoms with Crippen LogP contribution in [0.25, 0.3) is 105 Å². The maximum atomic E-state index is 7.48. The van der Waals surface area contributed by atoms with Crippen LogP contribution >= 0.6 is 0 Å². The van der Waals surface area contributed by atoms with Gasteiger partial charge < -0.3 is 14.2 Å². The number of ether oxygens (including phenoxy) is 1. The minimum Gasteiger partial charge on any atom is -0.458 e. The lowest BCUT2D eigenvalue weighted by atomic mass is 9.34. The van der Waals surface area contributed by atoms with Crippen molar-refractivity contribution in [2.45, 2.75) is 0 Å². The maximum Gasteiger partial charge on any atom is 0.256 e. The molecule has 78 heavy (non-hydrogen) atoms. The Morgan fingerprint density at radius 2 is 0.756 bits per heavy atom. The van der Waals surface area contributed by atoms with Crippen molar-refractivity contribution in [2.75, 3.05) is 4.90 Å². The van der Waals surface area contributed by atoms with Gasteiger partial charge in [-0.05, 0) is 113 Å². The molecule has 16 rings (SSSR count). The lowest BCUT2D eigenvalue weighted by molar-refractivity contribution is 0.487. The van der Waals surface area contributed by atoms with Crippen LogP contribution in [0.3, 0.4) is 0 Å². The molecule has 2 aliphatic heterocycles. The first-order valence-corrected chi connectivity index (χ1v) is 26.9. The van der Waals surface area contributed by atoms with Gasteiger partial charge >= 0.3 is 0 Å². The maximum absolute atomic E-state index is 7.48. The van der Waals surface area contributed by atoms with Crippen molar-refractivity contribution in [3.05, 3.63) is 285 Å². The van der Waals surface area contributed by atoms with E-state index < -0.39 is 0 Å². The van der Waals surface area contributed by atoms with E-state index in [9.17, 15) is 0 Å². The zero-order valence-corrected chi connectivity index (χ0v) is 42.5. The minimum absolute atomic E-state index is 0.158. The Balaban J connectivity index is 1.05. The quantitative estimate of drug-likeness (QED) is 0.117. The van der Waals surface area contributed by atoms with E-state index in [2.05, 4.69) is 295 Å². The van der Waals surface area contributed by atoms with E-state index in [1.807, 2.05) is 0 Å². The highest BCUT2D eigenvalue weighted by molar-refractivity contribution is 6.99. The van der Waals surface area contributed by atoms with Crippen LogP contribution < -0.4 is 26.0 Å². The van der Waals surface area contributed by atoms with Crippen LogP contribution in [0.15, 0.2) is 285 Å². The summed E-state index contributed by atoms with van der Waals surface area (Å²) in [5, 5.41) is 7.31. The number of hydrogen-bond donors (Lipinski definition) is 0. The van der Waals surface area contributed by atoms with Gasteiger partial charge in [-0.15, -0.1) is 0 Å². The van der Waals surface area contributed by atoms with E-state index >= 15 is 0 Å². The van der Waals surface area contributed by atoms with Gasteiger partial charge in [-0.1, -0.05) is 249 Å². The average Bonchev–Trinajstić information content (AvgIpc) is 3.48. The van der Waals surface area contributed by atoms with Crippen molar-refractivity contribution in [1.82, 2.24) is 4.57 Å². The summed E-state index contributed by atoms with van der Waals surface area (Å²) in [4.78, 5) is 2.60. The number of fused-ring (bicyclic) bond motifs is 9. The van der Waals surface area contributed by atoms with Gasteiger partial charge in [0.25, 0.3) is 6.71 Å². The fourth-order valence-electron chi connectivity index (χ4n) is 13.1. The van der Waals surface area contributed by atoms with Crippen LogP contribution in [0.5, 0.6) is 11.5 Å². The Morgan fingerprint density at radius 3 is 1.32 bits per heavy atom. The van der Waals surface area contributed by atoms with Crippen LogP contribution in [-0.2, 0) is 0 Å². The molecule has 14 aromatic rings. The Hall–Kier alpha value is -10.2. The Bertz CT molecular complexity index is 4530. The molecule has 0 N–H and O–H groups in total. The van der Waals surface area contributed by atoms with Crippen LogP contribution in [0.4, 0.5) is 17.1 Å². The van der Waals surface area contributed by atoms with Crippen molar-refractivity contribution < 1.29 is 4.74 Å². The summed E-state index contributed by atoms with van der Waals surface area (Å²) in [6, 6.07) is 105. The summed E-state index contributed by atoms with van der Waals surface area (Å²) < 4.78 is 9.91. The molecule has 1 aromatic heterocycles. The Morgan fingerprint density at radius 1 is 0.295 bits per heavy atom. The molecule has 0 bridgehead atoms. The van der Waals surface area contributed by atoms with Crippen LogP contribution in [0, 0.1) is 0 Å². The lowest BCUT2D eigenvalue weighted by Crippen LogP contribution is -2.59. The molecule has 0 spiro atoms. The molecule has 0 amide bonds. The molecule has 0 radical (unpaired) electrons. The summed E-state index contributed by atoms with van der Waals surface area (Å²) in [7, 11) is 0. The van der Waals surface area contributed by atoms with Crippen LogP contribution in [0.1, 0.15) is 0 Å². The van der Waals surface area contributed by atoms with E-state index in [1.165, 1.54) is 54.5 Å². The molecule has 4 heteroatoms. The first-order chi connectivity index (χ1) is 38.7. The number of rotatable bonds is 7. The highest BCUT2D eigenvalue weighted by Gasteiger charge is 2.44.